The first-order chi connectivity index (χ1) is 2.73. The Labute approximate surface area is 46.2 Å². The third kappa shape index (κ3) is 404000. The summed E-state index contributed by atoms with van der Waals surface area (Å²) in [6.07, 6.45) is 0. The van der Waals surface area contributed by atoms with Crippen LogP contribution in [0, 0.1) is 10.1 Å². The van der Waals surface area contributed by atoms with Gasteiger partial charge in [-0.05, 0) is 0 Å². The van der Waals surface area contributed by atoms with Crippen molar-refractivity contribution in [2.75, 3.05) is 0 Å². The van der Waals surface area contributed by atoms with E-state index in [4.69, 9.17) is 15.3 Å². The Morgan fingerprint density at radius 1 is 1.83 bits per heavy atom. The average Bonchev–Trinajstić information content (AvgIpc) is 1.41. The van der Waals surface area contributed by atoms with E-state index in [2.05, 4.69) is 25.2 Å². The van der Waals surface area contributed by atoms with Crippen LogP contribution in [-0.4, -0.2) is 10.3 Å². The fraction of sp³-hybridized carbons (Fsp3) is 0. The van der Waals surface area contributed by atoms with E-state index >= 15 is 0 Å². The van der Waals surface area contributed by atoms with E-state index in [0.29, 0.717) is 0 Å². The predicted molar refractivity (Wildman–Crippen MR) is 14.6 cm³/mol. The molecular weight excluding hydrogens is 161 g/mol. The van der Waals surface area contributed by atoms with Gasteiger partial charge in [-0.2, -0.15) is 0 Å². The first-order valence-electron chi connectivity index (χ1n) is 0.679. The average molecular weight is 162 g/mol. The summed E-state index contributed by atoms with van der Waals surface area (Å²) in [5, 5.41) is 13.6. The molecule has 0 spiro atoms. The second kappa shape index (κ2) is 8.89. The van der Waals surface area contributed by atoms with E-state index in [1.807, 2.05) is 0 Å². The molecule has 6 heavy (non-hydrogen) atoms. The fourth-order valence-electron chi connectivity index (χ4n) is 0. The third-order valence-corrected chi connectivity index (χ3v) is 0. The molecule has 0 aliphatic heterocycles. The molecule has 0 atom stereocenters. The second-order valence-electron chi connectivity index (χ2n) is 0.238. The van der Waals surface area contributed by atoms with Gasteiger partial charge in [0.15, 0.2) is 0 Å². The monoisotopic (exact) mass is 161 g/mol. The molecule has 42 valence electrons. The summed E-state index contributed by atoms with van der Waals surface area (Å²) in [5.74, 6) is 0. The molecular formula is HClCuNO3. The van der Waals surface area contributed by atoms with Crippen molar-refractivity contribution in [3.05, 3.63) is 10.1 Å². The van der Waals surface area contributed by atoms with Gasteiger partial charge in [-0.1, -0.05) is 0 Å². The van der Waals surface area contributed by atoms with Gasteiger partial charge in [0.1, 0.15) is 0 Å². The van der Waals surface area contributed by atoms with Gasteiger partial charge in [-0.15, -0.1) is 10.1 Å². The minimum atomic E-state index is -1.50. The van der Waals surface area contributed by atoms with Crippen LogP contribution in [0.2, 0.25) is 0 Å². The molecule has 1 N–H and O–H groups in total. The van der Waals surface area contributed by atoms with Crippen LogP contribution in [0.15, 0.2) is 0 Å². The van der Waals surface area contributed by atoms with Gasteiger partial charge in [-0.3, -0.25) is 0 Å². The molecule has 0 bridgehead atoms. The molecule has 0 amide bonds. The second-order valence-corrected chi connectivity index (χ2v) is 0.238. The molecule has 0 rings (SSSR count). The SMILES string of the molecule is O=[N+]([O-])O.[Cl][Cu]. The summed E-state index contributed by atoms with van der Waals surface area (Å²) in [4.78, 5) is 8.36. The molecule has 0 aliphatic rings. The van der Waals surface area contributed by atoms with Crippen LogP contribution in [0.25, 0.3) is 0 Å². The molecule has 0 aliphatic carbocycles. The standard InChI is InChI=1S/ClH.Cu.HNO3/c;;2-1(3)4/h1H;;(H,2,3,4)/q;+1;/p-1. The Kier molecular flexibility index (Phi) is 13.9. The Morgan fingerprint density at radius 3 is 1.83 bits per heavy atom. The summed E-state index contributed by atoms with van der Waals surface area (Å²) < 4.78 is 0. The van der Waals surface area contributed by atoms with Crippen molar-refractivity contribution in [1.29, 1.82) is 0 Å². The van der Waals surface area contributed by atoms with Crippen molar-refractivity contribution >= 4 is 10.1 Å². The van der Waals surface area contributed by atoms with E-state index < -0.39 is 5.09 Å². The summed E-state index contributed by atoms with van der Waals surface area (Å²) in [5.41, 5.74) is 0. The molecule has 0 aromatic rings. The molecule has 0 saturated carbocycles. The zero-order chi connectivity index (χ0) is 5.58. The normalized spacial score (nSPS) is 5.17. The van der Waals surface area contributed by atoms with E-state index in [1.54, 1.807) is 0 Å². The van der Waals surface area contributed by atoms with Crippen LogP contribution in [-0.2, 0) is 15.1 Å². The Balaban J connectivity index is 0. The van der Waals surface area contributed by atoms with Crippen LogP contribution in [0.3, 0.4) is 0 Å². The Bertz CT molecular complexity index is 33.8. The number of rotatable bonds is 0. The van der Waals surface area contributed by atoms with Gasteiger partial charge in [0.2, 0.25) is 0 Å². The van der Waals surface area contributed by atoms with Gasteiger partial charge in [-0.25, -0.2) is 0 Å². The summed E-state index contributed by atoms with van der Waals surface area (Å²) >= 11 is 3.66. The number of halogens is 1. The zero-order valence-electron chi connectivity index (χ0n) is 2.39. The number of nitrogens with zero attached hydrogens (tertiary/aromatic N) is 1. The first-order valence-corrected chi connectivity index (χ1v) is 1.97. The Hall–Kier alpha value is 0.00948. The van der Waals surface area contributed by atoms with E-state index in [-0.39, 0.29) is 0 Å². The molecule has 4 nitrogen and oxygen atoms in total. The molecule has 0 aromatic heterocycles. The molecule has 0 saturated heterocycles. The topological polar surface area (TPSA) is 63.4 Å². The van der Waals surface area contributed by atoms with Crippen molar-refractivity contribution in [3.63, 3.8) is 0 Å². The maximum atomic E-state index is 8.36. The molecule has 6 heteroatoms. The van der Waals surface area contributed by atoms with Crippen molar-refractivity contribution in [3.8, 4) is 0 Å². The quantitative estimate of drug-likeness (QED) is 0.317. The van der Waals surface area contributed by atoms with Crippen LogP contribution in [0.4, 0.5) is 0 Å². The number of hydrogen-bond acceptors (Lipinski definition) is 2. The summed E-state index contributed by atoms with van der Waals surface area (Å²) in [7, 11) is 4.20. The van der Waals surface area contributed by atoms with E-state index in [9.17, 15) is 0 Å². The van der Waals surface area contributed by atoms with Crippen molar-refractivity contribution < 1.29 is 25.4 Å². The fourth-order valence-corrected chi connectivity index (χ4v) is 0. The van der Waals surface area contributed by atoms with Gasteiger partial charge < -0.3 is 5.21 Å². The van der Waals surface area contributed by atoms with Crippen LogP contribution in [0.5, 0.6) is 0 Å². The van der Waals surface area contributed by atoms with Gasteiger partial charge in [0.25, 0.3) is 5.09 Å². The van der Waals surface area contributed by atoms with Gasteiger partial charge in [0, 0.05) is 0 Å². The maximum absolute atomic E-state index is 8.36. The predicted octanol–water partition coefficient (Wildman–Crippen LogP) is 0.339. The molecule has 0 aromatic carbocycles. The van der Waals surface area contributed by atoms with Gasteiger partial charge in [0.05, 0.1) is 0 Å². The first kappa shape index (κ1) is 9.38. The van der Waals surface area contributed by atoms with E-state index in [1.165, 1.54) is 0 Å². The zero-order valence-corrected chi connectivity index (χ0v) is 4.09. The van der Waals surface area contributed by atoms with Crippen LogP contribution < -0.4 is 0 Å². The van der Waals surface area contributed by atoms with Crippen LogP contribution in [0.1, 0.15) is 0 Å². The molecule has 0 unspecified atom stereocenters. The van der Waals surface area contributed by atoms with Gasteiger partial charge >= 0.3 is 25.2 Å². The Morgan fingerprint density at radius 2 is 1.83 bits per heavy atom. The number of hydrogen-bond donors (Lipinski definition) is 1. The van der Waals surface area contributed by atoms with E-state index in [0.717, 1.165) is 0 Å². The molecule has 0 radical (unpaired) electrons. The van der Waals surface area contributed by atoms with Crippen molar-refractivity contribution in [2.45, 2.75) is 0 Å². The van der Waals surface area contributed by atoms with Crippen molar-refractivity contribution in [2.24, 2.45) is 0 Å². The summed E-state index contributed by atoms with van der Waals surface area (Å²) in [6, 6.07) is 0. The minimum absolute atomic E-state index is 1.50. The third-order valence-electron chi connectivity index (χ3n) is 0. The van der Waals surface area contributed by atoms with Crippen molar-refractivity contribution in [1.82, 2.24) is 0 Å². The molecule has 0 fully saturated rings. The summed E-state index contributed by atoms with van der Waals surface area (Å²) in [6.45, 7) is 0. The molecule has 0 heterocycles. The van der Waals surface area contributed by atoms with Crippen LogP contribution >= 0.6 is 10.1 Å².